The van der Waals surface area contributed by atoms with Crippen LogP contribution in [-0.4, -0.2) is 46.2 Å². The minimum atomic E-state index is -0.738. The zero-order chi connectivity index (χ0) is 23.6. The molecule has 1 aliphatic rings. The van der Waals surface area contributed by atoms with Gasteiger partial charge in [-0.2, -0.15) is 0 Å². The molecule has 1 saturated heterocycles. The number of nitro groups is 1. The zero-order valence-electron chi connectivity index (χ0n) is 17.7. The normalized spacial score (nSPS) is 15.4. The number of ether oxygens (including phenoxy) is 2. The summed E-state index contributed by atoms with van der Waals surface area (Å²) in [5.74, 6) is -0.430. The molecule has 0 unspecified atom stereocenters. The van der Waals surface area contributed by atoms with Crippen molar-refractivity contribution < 1.29 is 33.2 Å². The molecule has 1 fully saturated rings. The molecule has 0 aliphatic carbocycles. The van der Waals surface area contributed by atoms with E-state index < -0.39 is 34.2 Å². The summed E-state index contributed by atoms with van der Waals surface area (Å²) < 4.78 is 16.1. The number of carbonyl (C=O) groups is 3. The van der Waals surface area contributed by atoms with Gasteiger partial charge in [-0.05, 0) is 50.7 Å². The van der Waals surface area contributed by atoms with Crippen LogP contribution in [0.1, 0.15) is 26.5 Å². The first kappa shape index (κ1) is 23.1. The quantitative estimate of drug-likeness (QED) is 0.269. The van der Waals surface area contributed by atoms with Crippen molar-refractivity contribution in [2.45, 2.75) is 26.4 Å². The summed E-state index contributed by atoms with van der Waals surface area (Å²) in [6, 6.07) is 7.29. The number of benzene rings is 1. The van der Waals surface area contributed by atoms with Crippen molar-refractivity contribution in [2.24, 2.45) is 0 Å². The van der Waals surface area contributed by atoms with Gasteiger partial charge in [-0.3, -0.25) is 29.4 Å². The maximum atomic E-state index is 12.6. The highest BCUT2D eigenvalue weighted by atomic mass is 32.2. The topological polar surface area (TPSA) is 129 Å². The number of imide groups is 1. The number of thioether (sulfide) groups is 1. The van der Waals surface area contributed by atoms with Gasteiger partial charge in [0, 0.05) is 12.1 Å². The smallest absolute Gasteiger partial charge is 0.326 e. The summed E-state index contributed by atoms with van der Waals surface area (Å²) in [5.41, 5.74) is -0.384. The molecule has 3 rings (SSSR count). The second kappa shape index (κ2) is 8.87. The Morgan fingerprint density at radius 2 is 1.97 bits per heavy atom. The van der Waals surface area contributed by atoms with E-state index in [0.717, 1.165) is 4.90 Å². The highest BCUT2D eigenvalue weighted by Gasteiger charge is 2.37. The summed E-state index contributed by atoms with van der Waals surface area (Å²) in [5, 5.41) is 10.4. The summed E-state index contributed by atoms with van der Waals surface area (Å²) in [6.07, 6.45) is 1.39. The zero-order valence-corrected chi connectivity index (χ0v) is 18.6. The van der Waals surface area contributed by atoms with E-state index >= 15 is 0 Å². The Labute approximate surface area is 187 Å². The summed E-state index contributed by atoms with van der Waals surface area (Å²) in [7, 11) is 1.38. The third-order valence-electron chi connectivity index (χ3n) is 4.14. The fourth-order valence-electron chi connectivity index (χ4n) is 2.84. The van der Waals surface area contributed by atoms with Crippen LogP contribution in [0.4, 0.5) is 10.5 Å². The number of furan rings is 1. The predicted molar refractivity (Wildman–Crippen MR) is 116 cm³/mol. The largest absolute Gasteiger partial charge is 0.496 e. The van der Waals surface area contributed by atoms with E-state index in [1.807, 2.05) is 0 Å². The van der Waals surface area contributed by atoms with Crippen LogP contribution in [0, 0.1) is 10.1 Å². The number of carbonyl (C=O) groups excluding carboxylic acids is 3. The van der Waals surface area contributed by atoms with Gasteiger partial charge in [-0.15, -0.1) is 0 Å². The Bertz CT molecular complexity index is 1130. The first-order valence-corrected chi connectivity index (χ1v) is 10.2. The molecule has 0 saturated carbocycles. The van der Waals surface area contributed by atoms with E-state index in [0.29, 0.717) is 23.1 Å². The highest BCUT2D eigenvalue weighted by Crippen LogP contribution is 2.36. The molecular formula is C21H20N2O8S. The molecule has 2 amide bonds. The van der Waals surface area contributed by atoms with E-state index in [1.165, 1.54) is 31.4 Å². The number of rotatable bonds is 6. The van der Waals surface area contributed by atoms with Gasteiger partial charge in [-0.25, -0.2) is 0 Å². The summed E-state index contributed by atoms with van der Waals surface area (Å²) in [6.45, 7) is 4.58. The molecule has 1 aliphatic heterocycles. The van der Waals surface area contributed by atoms with Gasteiger partial charge >= 0.3 is 5.97 Å². The van der Waals surface area contributed by atoms with Crippen LogP contribution < -0.4 is 4.74 Å². The molecule has 10 nitrogen and oxygen atoms in total. The number of hydrogen-bond acceptors (Lipinski definition) is 9. The summed E-state index contributed by atoms with van der Waals surface area (Å²) >= 11 is 0.686. The number of methoxy groups -OCH3 is 1. The van der Waals surface area contributed by atoms with Crippen molar-refractivity contribution in [1.82, 2.24) is 4.90 Å². The Morgan fingerprint density at radius 1 is 1.25 bits per heavy atom. The Kier molecular flexibility index (Phi) is 6.40. The van der Waals surface area contributed by atoms with Crippen LogP contribution in [0.15, 0.2) is 39.7 Å². The van der Waals surface area contributed by atoms with Gasteiger partial charge < -0.3 is 13.9 Å². The Balaban J connectivity index is 1.79. The Morgan fingerprint density at radius 3 is 2.59 bits per heavy atom. The molecule has 32 heavy (non-hydrogen) atoms. The maximum absolute atomic E-state index is 12.6. The van der Waals surface area contributed by atoms with Crippen LogP contribution >= 0.6 is 11.8 Å². The van der Waals surface area contributed by atoms with E-state index in [1.54, 1.807) is 32.9 Å². The third-order valence-corrected chi connectivity index (χ3v) is 5.05. The van der Waals surface area contributed by atoms with Gasteiger partial charge in [0.1, 0.15) is 29.4 Å². The highest BCUT2D eigenvalue weighted by molar-refractivity contribution is 8.18. The number of nitrogens with zero attached hydrogens (tertiary/aromatic N) is 2. The molecule has 0 bridgehead atoms. The second-order valence-electron chi connectivity index (χ2n) is 7.70. The molecule has 0 N–H and O–H groups in total. The number of amides is 2. The van der Waals surface area contributed by atoms with Crippen LogP contribution in [0.2, 0.25) is 0 Å². The maximum Gasteiger partial charge on any atom is 0.326 e. The van der Waals surface area contributed by atoms with Crippen LogP contribution in [0.5, 0.6) is 5.75 Å². The average Bonchev–Trinajstić information content (AvgIpc) is 3.26. The molecule has 168 valence electrons. The molecule has 0 radical (unpaired) electrons. The lowest BCUT2D eigenvalue weighted by molar-refractivity contribution is -0.384. The molecule has 0 spiro atoms. The molecule has 1 aromatic carbocycles. The average molecular weight is 460 g/mol. The van der Waals surface area contributed by atoms with Gasteiger partial charge in [0.25, 0.3) is 16.8 Å². The third kappa shape index (κ3) is 5.17. The van der Waals surface area contributed by atoms with Crippen molar-refractivity contribution in [2.75, 3.05) is 13.7 Å². The van der Waals surface area contributed by atoms with E-state index in [9.17, 15) is 24.5 Å². The molecule has 1 aromatic heterocycles. The number of non-ortho nitro benzene ring substituents is 1. The lowest BCUT2D eigenvalue weighted by Crippen LogP contribution is -2.37. The predicted octanol–water partition coefficient (Wildman–Crippen LogP) is 4.24. The summed E-state index contributed by atoms with van der Waals surface area (Å²) in [4.78, 5) is 48.1. The standard InChI is InChI=1S/C21H20N2O8S/c1-21(2,3)31-18(24)11-22-19(25)17(32-20(22)26)10-13-6-8-15(30-13)14-7-5-12(23(27)28)9-16(14)29-4/h5-10H,11H2,1-4H3. The van der Waals surface area contributed by atoms with Crippen LogP contribution in [0.3, 0.4) is 0 Å². The molecule has 2 heterocycles. The lowest BCUT2D eigenvalue weighted by Gasteiger charge is -2.21. The van der Waals surface area contributed by atoms with Crippen LogP contribution in [0.25, 0.3) is 17.4 Å². The van der Waals surface area contributed by atoms with Gasteiger partial charge in [0.15, 0.2) is 0 Å². The van der Waals surface area contributed by atoms with Crippen molar-refractivity contribution >= 4 is 40.6 Å². The van der Waals surface area contributed by atoms with Crippen molar-refractivity contribution in [3.8, 4) is 17.1 Å². The SMILES string of the molecule is COc1cc([N+](=O)[O-])ccc1-c1ccc(C=C2SC(=O)N(CC(=O)OC(C)(C)C)C2=O)o1. The van der Waals surface area contributed by atoms with Crippen molar-refractivity contribution in [3.05, 3.63) is 51.1 Å². The number of esters is 1. The fourth-order valence-corrected chi connectivity index (χ4v) is 3.66. The number of hydrogen-bond donors (Lipinski definition) is 0. The first-order valence-electron chi connectivity index (χ1n) is 9.38. The minimum absolute atomic E-state index is 0.0927. The fraction of sp³-hybridized carbons (Fsp3) is 0.286. The van der Waals surface area contributed by atoms with Gasteiger partial charge in [-0.1, -0.05) is 0 Å². The second-order valence-corrected chi connectivity index (χ2v) is 8.69. The van der Waals surface area contributed by atoms with Crippen LogP contribution in [-0.2, 0) is 14.3 Å². The molecule has 2 aromatic rings. The van der Waals surface area contributed by atoms with Gasteiger partial charge in [0.05, 0.1) is 28.6 Å². The molecule has 11 heteroatoms. The molecular weight excluding hydrogens is 440 g/mol. The van der Waals surface area contributed by atoms with E-state index in [4.69, 9.17) is 13.9 Å². The molecule has 0 atom stereocenters. The first-order chi connectivity index (χ1) is 15.0. The Hall–Kier alpha value is -3.60. The minimum Gasteiger partial charge on any atom is -0.496 e. The monoisotopic (exact) mass is 460 g/mol. The van der Waals surface area contributed by atoms with E-state index in [2.05, 4.69) is 0 Å². The van der Waals surface area contributed by atoms with Crippen molar-refractivity contribution in [3.63, 3.8) is 0 Å². The lowest BCUT2D eigenvalue weighted by atomic mass is 10.1. The van der Waals surface area contributed by atoms with Gasteiger partial charge in [0.2, 0.25) is 0 Å². The van der Waals surface area contributed by atoms with Crippen molar-refractivity contribution in [1.29, 1.82) is 0 Å². The van der Waals surface area contributed by atoms with E-state index in [-0.39, 0.29) is 22.1 Å². The number of nitro benzene ring substituents is 1.